The van der Waals surface area contributed by atoms with Crippen LogP contribution >= 0.6 is 23.2 Å². The van der Waals surface area contributed by atoms with Crippen LogP contribution in [0, 0.1) is 0 Å². The molecule has 0 radical (unpaired) electrons. The summed E-state index contributed by atoms with van der Waals surface area (Å²) in [6.45, 7) is 1.47. The summed E-state index contributed by atoms with van der Waals surface area (Å²) in [6.07, 6.45) is 4.28. The van der Waals surface area contributed by atoms with E-state index in [1.807, 2.05) is 0 Å². The second kappa shape index (κ2) is 9.03. The lowest BCUT2D eigenvalue weighted by atomic mass is 10.2. The van der Waals surface area contributed by atoms with E-state index in [9.17, 15) is 13.2 Å². The van der Waals surface area contributed by atoms with Crippen LogP contribution in [0.1, 0.15) is 25.7 Å². The monoisotopic (exact) mass is 441 g/mol. The fourth-order valence-electron chi connectivity index (χ4n) is 2.98. The molecule has 1 aliphatic heterocycles. The van der Waals surface area contributed by atoms with Gasteiger partial charge in [-0.05, 0) is 49.2 Å². The van der Waals surface area contributed by atoms with E-state index in [2.05, 4.69) is 10.0 Å². The SMILES string of the molecule is O=C(Nc1ccc(S(=O)(=O)Nc2c(Cl)cccc2Cl)cc1)N1CCCCCC1. The van der Waals surface area contributed by atoms with Gasteiger partial charge in [0.15, 0.2) is 0 Å². The fraction of sp³-hybridized carbons (Fsp3) is 0.316. The number of urea groups is 1. The van der Waals surface area contributed by atoms with Crippen molar-refractivity contribution in [3.05, 3.63) is 52.5 Å². The molecule has 0 aromatic heterocycles. The summed E-state index contributed by atoms with van der Waals surface area (Å²) >= 11 is 12.1. The van der Waals surface area contributed by atoms with Gasteiger partial charge in [0.2, 0.25) is 0 Å². The Bertz CT molecular complexity index is 921. The average molecular weight is 442 g/mol. The zero-order chi connectivity index (χ0) is 20.1. The van der Waals surface area contributed by atoms with Crippen molar-refractivity contribution in [2.45, 2.75) is 30.6 Å². The van der Waals surface area contributed by atoms with Crippen molar-refractivity contribution in [3.63, 3.8) is 0 Å². The van der Waals surface area contributed by atoms with Gasteiger partial charge in [0, 0.05) is 18.8 Å². The van der Waals surface area contributed by atoms with Crippen LogP contribution in [0.5, 0.6) is 0 Å². The third-order valence-electron chi connectivity index (χ3n) is 4.51. The van der Waals surface area contributed by atoms with Crippen LogP contribution in [-0.4, -0.2) is 32.4 Å². The minimum absolute atomic E-state index is 0.0382. The Kier molecular flexibility index (Phi) is 6.69. The van der Waals surface area contributed by atoms with Gasteiger partial charge in [-0.3, -0.25) is 4.72 Å². The Labute approximate surface area is 174 Å². The van der Waals surface area contributed by atoms with Crippen molar-refractivity contribution in [3.8, 4) is 0 Å². The molecule has 0 saturated carbocycles. The topological polar surface area (TPSA) is 78.5 Å². The van der Waals surface area contributed by atoms with Crippen LogP contribution in [-0.2, 0) is 10.0 Å². The van der Waals surface area contributed by atoms with Crippen LogP contribution in [0.4, 0.5) is 16.2 Å². The van der Waals surface area contributed by atoms with Gasteiger partial charge in [-0.1, -0.05) is 42.1 Å². The molecule has 2 aromatic carbocycles. The van der Waals surface area contributed by atoms with E-state index in [4.69, 9.17) is 23.2 Å². The van der Waals surface area contributed by atoms with Crippen molar-refractivity contribution >= 4 is 50.6 Å². The molecule has 1 heterocycles. The Balaban J connectivity index is 1.70. The quantitative estimate of drug-likeness (QED) is 0.683. The Morgan fingerprint density at radius 2 is 1.46 bits per heavy atom. The standard InChI is InChI=1S/C19H21Cl2N3O3S/c20-16-6-5-7-17(21)18(16)23-28(26,27)15-10-8-14(9-11-15)22-19(25)24-12-3-1-2-4-13-24/h5-11,23H,1-4,12-13H2,(H,22,25). The van der Waals surface area contributed by atoms with Crippen LogP contribution in [0.25, 0.3) is 0 Å². The molecular formula is C19H21Cl2N3O3S. The maximum Gasteiger partial charge on any atom is 0.321 e. The van der Waals surface area contributed by atoms with Crippen LogP contribution < -0.4 is 10.0 Å². The number of benzene rings is 2. The summed E-state index contributed by atoms with van der Waals surface area (Å²) in [7, 11) is -3.87. The highest BCUT2D eigenvalue weighted by Crippen LogP contribution is 2.32. The van der Waals surface area contributed by atoms with Crippen molar-refractivity contribution < 1.29 is 13.2 Å². The molecule has 0 unspecified atom stereocenters. The lowest BCUT2D eigenvalue weighted by Gasteiger charge is -2.20. The summed E-state index contributed by atoms with van der Waals surface area (Å²) in [5.41, 5.74) is 0.661. The molecular weight excluding hydrogens is 421 g/mol. The smallest absolute Gasteiger partial charge is 0.321 e. The predicted octanol–water partition coefficient (Wildman–Crippen LogP) is 5.20. The molecule has 3 rings (SSSR count). The molecule has 0 aliphatic carbocycles. The first-order valence-electron chi connectivity index (χ1n) is 9.00. The molecule has 1 fully saturated rings. The fourth-order valence-corrected chi connectivity index (χ4v) is 4.69. The number of carbonyl (C=O) groups is 1. The number of hydrogen-bond donors (Lipinski definition) is 2. The van der Waals surface area contributed by atoms with E-state index >= 15 is 0 Å². The van der Waals surface area contributed by atoms with Crippen LogP contribution in [0.3, 0.4) is 0 Å². The first kappa shape index (κ1) is 20.8. The van der Waals surface area contributed by atoms with Gasteiger partial charge in [0.25, 0.3) is 10.0 Å². The molecule has 2 amide bonds. The van der Waals surface area contributed by atoms with E-state index in [1.165, 1.54) is 12.1 Å². The molecule has 0 spiro atoms. The first-order valence-corrected chi connectivity index (χ1v) is 11.2. The van der Waals surface area contributed by atoms with Gasteiger partial charge >= 0.3 is 6.03 Å². The average Bonchev–Trinajstić information content (AvgIpc) is 2.95. The van der Waals surface area contributed by atoms with Gasteiger partial charge < -0.3 is 10.2 Å². The molecule has 0 bridgehead atoms. The van der Waals surface area contributed by atoms with Gasteiger partial charge in [-0.2, -0.15) is 0 Å². The minimum Gasteiger partial charge on any atom is -0.325 e. The number of nitrogens with zero attached hydrogens (tertiary/aromatic N) is 1. The molecule has 9 heteroatoms. The molecule has 1 aliphatic rings. The third-order valence-corrected chi connectivity index (χ3v) is 6.50. The van der Waals surface area contributed by atoms with E-state index in [-0.39, 0.29) is 26.7 Å². The van der Waals surface area contributed by atoms with Gasteiger partial charge in [-0.25, -0.2) is 13.2 Å². The van der Waals surface area contributed by atoms with E-state index in [0.717, 1.165) is 38.8 Å². The highest BCUT2D eigenvalue weighted by molar-refractivity contribution is 7.92. The predicted molar refractivity (Wildman–Crippen MR) is 113 cm³/mol. The Hall–Kier alpha value is -1.96. The number of likely N-dealkylation sites (tertiary alicyclic amines) is 1. The number of para-hydroxylation sites is 1. The number of carbonyl (C=O) groups excluding carboxylic acids is 1. The summed E-state index contributed by atoms with van der Waals surface area (Å²) in [6, 6.07) is 10.5. The van der Waals surface area contributed by atoms with Crippen LogP contribution in [0.2, 0.25) is 10.0 Å². The normalized spacial score (nSPS) is 15.0. The van der Waals surface area contributed by atoms with Crippen molar-refractivity contribution in [1.82, 2.24) is 4.90 Å². The molecule has 28 heavy (non-hydrogen) atoms. The number of amides is 2. The molecule has 6 nitrogen and oxygen atoms in total. The zero-order valence-corrected chi connectivity index (χ0v) is 17.4. The van der Waals surface area contributed by atoms with E-state index < -0.39 is 10.0 Å². The van der Waals surface area contributed by atoms with E-state index in [0.29, 0.717) is 5.69 Å². The van der Waals surface area contributed by atoms with Gasteiger partial charge in [0.05, 0.1) is 20.6 Å². The number of hydrogen-bond acceptors (Lipinski definition) is 3. The summed E-state index contributed by atoms with van der Waals surface area (Å²) in [4.78, 5) is 14.2. The number of rotatable bonds is 4. The largest absolute Gasteiger partial charge is 0.325 e. The molecule has 1 saturated heterocycles. The number of sulfonamides is 1. The minimum atomic E-state index is -3.87. The first-order chi connectivity index (χ1) is 13.4. The summed E-state index contributed by atoms with van der Waals surface area (Å²) in [5.74, 6) is 0. The molecule has 150 valence electrons. The highest BCUT2D eigenvalue weighted by atomic mass is 35.5. The van der Waals surface area contributed by atoms with Crippen LogP contribution in [0.15, 0.2) is 47.4 Å². The number of halogens is 2. The molecule has 2 N–H and O–H groups in total. The van der Waals surface area contributed by atoms with E-state index in [1.54, 1.807) is 35.2 Å². The molecule has 0 atom stereocenters. The van der Waals surface area contributed by atoms with Crippen molar-refractivity contribution in [2.24, 2.45) is 0 Å². The van der Waals surface area contributed by atoms with Crippen molar-refractivity contribution in [1.29, 1.82) is 0 Å². The Morgan fingerprint density at radius 3 is 2.04 bits per heavy atom. The second-order valence-corrected chi connectivity index (χ2v) is 9.05. The highest BCUT2D eigenvalue weighted by Gasteiger charge is 2.19. The summed E-state index contributed by atoms with van der Waals surface area (Å²) in [5, 5.41) is 3.23. The lowest BCUT2D eigenvalue weighted by molar-refractivity contribution is 0.214. The maximum atomic E-state index is 12.6. The third kappa shape index (κ3) is 5.10. The maximum absolute atomic E-state index is 12.6. The Morgan fingerprint density at radius 1 is 0.893 bits per heavy atom. The number of nitrogens with one attached hydrogen (secondary N) is 2. The van der Waals surface area contributed by atoms with Gasteiger partial charge in [0.1, 0.15) is 0 Å². The second-order valence-electron chi connectivity index (χ2n) is 6.56. The zero-order valence-electron chi connectivity index (χ0n) is 15.1. The summed E-state index contributed by atoms with van der Waals surface area (Å²) < 4.78 is 27.6. The molecule has 2 aromatic rings. The van der Waals surface area contributed by atoms with Gasteiger partial charge in [-0.15, -0.1) is 0 Å². The number of anilines is 2. The lowest BCUT2D eigenvalue weighted by Crippen LogP contribution is -2.35. The van der Waals surface area contributed by atoms with Crippen molar-refractivity contribution in [2.75, 3.05) is 23.1 Å².